The molecule has 1 aliphatic heterocycles. The van der Waals surface area contributed by atoms with Gasteiger partial charge >= 0.3 is 0 Å². The van der Waals surface area contributed by atoms with Crippen molar-refractivity contribution >= 4 is 21.4 Å². The van der Waals surface area contributed by atoms with E-state index in [1.165, 1.54) is 7.11 Å². The van der Waals surface area contributed by atoms with Crippen LogP contribution in [-0.4, -0.2) is 57.0 Å². The Morgan fingerprint density at radius 2 is 2.32 bits per heavy atom. The van der Waals surface area contributed by atoms with Crippen LogP contribution in [0.25, 0.3) is 0 Å². The van der Waals surface area contributed by atoms with Gasteiger partial charge in [-0.3, -0.25) is 0 Å². The van der Waals surface area contributed by atoms with Crippen molar-refractivity contribution < 1.29 is 26.7 Å². The summed E-state index contributed by atoms with van der Waals surface area (Å²) in [6, 6.07) is 0. The number of sulfonamides is 1. The molecule has 0 radical (unpaired) electrons. The standard InChI is InChI=1S/C9H12F2N2O4S2/c1-16-8-12-4-7(18-8)19(14,15)13-2-3-17-6-9(10,11)5-13/h4H,2-3,5-6H2,1H3. The number of ether oxygens (including phenoxy) is 2. The van der Waals surface area contributed by atoms with Crippen molar-refractivity contribution in [1.82, 2.24) is 9.29 Å². The Morgan fingerprint density at radius 3 is 2.95 bits per heavy atom. The summed E-state index contributed by atoms with van der Waals surface area (Å²) in [7, 11) is -2.65. The lowest BCUT2D eigenvalue weighted by Crippen LogP contribution is -2.40. The number of halogens is 2. The van der Waals surface area contributed by atoms with Crippen LogP contribution in [0.5, 0.6) is 5.19 Å². The first-order chi connectivity index (χ1) is 8.85. The van der Waals surface area contributed by atoms with Gasteiger partial charge in [0, 0.05) is 6.54 Å². The maximum Gasteiger partial charge on any atom is 0.284 e. The van der Waals surface area contributed by atoms with E-state index < -0.39 is 29.1 Å². The van der Waals surface area contributed by atoms with E-state index in [0.717, 1.165) is 17.5 Å². The highest BCUT2D eigenvalue weighted by molar-refractivity contribution is 7.91. The number of nitrogens with zero attached hydrogens (tertiary/aromatic N) is 2. The van der Waals surface area contributed by atoms with Crippen molar-refractivity contribution in [3.05, 3.63) is 6.20 Å². The third-order valence-electron chi connectivity index (χ3n) is 2.44. The predicted molar refractivity (Wildman–Crippen MR) is 63.2 cm³/mol. The fourth-order valence-electron chi connectivity index (χ4n) is 1.56. The Labute approximate surface area is 113 Å². The number of hydrogen-bond donors (Lipinski definition) is 0. The molecule has 108 valence electrons. The summed E-state index contributed by atoms with van der Waals surface area (Å²) in [5.74, 6) is -3.20. The van der Waals surface area contributed by atoms with Gasteiger partial charge < -0.3 is 9.47 Å². The molecule has 0 N–H and O–H groups in total. The first-order valence-electron chi connectivity index (χ1n) is 5.31. The predicted octanol–water partition coefficient (Wildman–Crippen LogP) is 0.808. The summed E-state index contributed by atoms with van der Waals surface area (Å²) in [6.07, 6.45) is 1.10. The van der Waals surface area contributed by atoms with Gasteiger partial charge in [0.15, 0.2) is 4.21 Å². The van der Waals surface area contributed by atoms with Crippen molar-refractivity contribution in [3.8, 4) is 5.19 Å². The lowest BCUT2D eigenvalue weighted by Gasteiger charge is -2.21. The molecule has 2 heterocycles. The second kappa shape index (κ2) is 5.27. The maximum absolute atomic E-state index is 13.4. The van der Waals surface area contributed by atoms with Crippen LogP contribution < -0.4 is 4.74 Å². The van der Waals surface area contributed by atoms with Gasteiger partial charge in [0.1, 0.15) is 6.61 Å². The van der Waals surface area contributed by atoms with E-state index in [4.69, 9.17) is 9.47 Å². The van der Waals surface area contributed by atoms with Gasteiger partial charge in [0.2, 0.25) is 0 Å². The van der Waals surface area contributed by atoms with Gasteiger partial charge in [-0.15, -0.1) is 0 Å². The zero-order chi connectivity index (χ0) is 14.1. The summed E-state index contributed by atoms with van der Waals surface area (Å²) in [6.45, 7) is -1.84. The fourth-order valence-corrected chi connectivity index (χ4v) is 4.09. The molecule has 0 aromatic carbocycles. The Morgan fingerprint density at radius 1 is 1.58 bits per heavy atom. The number of hydrogen-bond acceptors (Lipinski definition) is 6. The van der Waals surface area contributed by atoms with E-state index in [9.17, 15) is 17.2 Å². The molecule has 1 saturated heterocycles. The van der Waals surface area contributed by atoms with Crippen molar-refractivity contribution in [3.63, 3.8) is 0 Å². The molecule has 0 saturated carbocycles. The normalized spacial score (nSPS) is 21.0. The van der Waals surface area contributed by atoms with Gasteiger partial charge in [-0.25, -0.2) is 22.2 Å². The molecule has 1 aromatic rings. The Balaban J connectivity index is 2.27. The zero-order valence-electron chi connectivity index (χ0n) is 10.0. The van der Waals surface area contributed by atoms with E-state index in [1.54, 1.807) is 0 Å². The number of rotatable bonds is 3. The number of methoxy groups -OCH3 is 1. The van der Waals surface area contributed by atoms with Crippen LogP contribution in [0.1, 0.15) is 0 Å². The number of aromatic nitrogens is 1. The molecule has 1 fully saturated rings. The molecule has 0 aliphatic carbocycles. The molecule has 0 unspecified atom stereocenters. The van der Waals surface area contributed by atoms with Crippen molar-refractivity contribution in [2.75, 3.05) is 33.4 Å². The molecule has 0 atom stereocenters. The molecule has 1 aromatic heterocycles. The van der Waals surface area contributed by atoms with Crippen molar-refractivity contribution in [2.45, 2.75) is 10.1 Å². The Kier molecular flexibility index (Phi) is 4.04. The van der Waals surface area contributed by atoms with Crippen molar-refractivity contribution in [2.24, 2.45) is 0 Å². The van der Waals surface area contributed by atoms with Crippen molar-refractivity contribution in [1.29, 1.82) is 0 Å². The first-order valence-corrected chi connectivity index (χ1v) is 7.56. The molecule has 10 heteroatoms. The van der Waals surface area contributed by atoms with Crippen LogP contribution in [0.15, 0.2) is 10.4 Å². The SMILES string of the molecule is COc1ncc(S(=O)(=O)N2CCOCC(F)(F)C2)s1. The lowest BCUT2D eigenvalue weighted by molar-refractivity contribution is -0.0630. The minimum absolute atomic E-state index is 0.0647. The van der Waals surface area contributed by atoms with Gasteiger partial charge in [-0.1, -0.05) is 11.3 Å². The lowest BCUT2D eigenvalue weighted by atomic mass is 10.4. The molecule has 2 rings (SSSR count). The molecule has 0 spiro atoms. The quantitative estimate of drug-likeness (QED) is 0.826. The zero-order valence-corrected chi connectivity index (χ0v) is 11.6. The average Bonchev–Trinajstić information content (AvgIpc) is 2.74. The second-order valence-electron chi connectivity index (χ2n) is 3.90. The molecule has 6 nitrogen and oxygen atoms in total. The average molecular weight is 314 g/mol. The highest BCUT2D eigenvalue weighted by atomic mass is 32.2. The van der Waals surface area contributed by atoms with Gasteiger partial charge in [-0.2, -0.15) is 4.31 Å². The van der Waals surface area contributed by atoms with Crippen LogP contribution in [0, 0.1) is 0 Å². The van der Waals surface area contributed by atoms with Gasteiger partial charge in [0.25, 0.3) is 21.1 Å². The molecule has 1 aliphatic rings. The van der Waals surface area contributed by atoms with E-state index >= 15 is 0 Å². The third kappa shape index (κ3) is 3.19. The molecular formula is C9H12F2N2O4S2. The molecule has 0 bridgehead atoms. The fraction of sp³-hybridized carbons (Fsp3) is 0.667. The summed E-state index contributed by atoms with van der Waals surface area (Å²) >= 11 is 0.792. The van der Waals surface area contributed by atoms with E-state index in [1.807, 2.05) is 0 Å². The van der Waals surface area contributed by atoms with Gasteiger partial charge in [-0.05, 0) is 0 Å². The maximum atomic E-state index is 13.4. The smallest absolute Gasteiger partial charge is 0.284 e. The minimum atomic E-state index is -4.00. The van der Waals surface area contributed by atoms with Crippen LogP contribution in [0.3, 0.4) is 0 Å². The molecule has 19 heavy (non-hydrogen) atoms. The molecular weight excluding hydrogens is 302 g/mol. The highest BCUT2D eigenvalue weighted by Crippen LogP contribution is 2.29. The van der Waals surface area contributed by atoms with Gasteiger partial charge in [0.05, 0.1) is 26.5 Å². The number of alkyl halides is 2. The van der Waals surface area contributed by atoms with Crippen LogP contribution >= 0.6 is 11.3 Å². The Hall–Kier alpha value is -0.840. The van der Waals surface area contributed by atoms with Crippen LogP contribution in [-0.2, 0) is 14.8 Å². The number of thiazole rings is 1. The largest absolute Gasteiger partial charge is 0.473 e. The summed E-state index contributed by atoms with van der Waals surface area (Å²) in [4.78, 5) is 3.73. The third-order valence-corrected chi connectivity index (χ3v) is 5.68. The van der Waals surface area contributed by atoms with Crippen LogP contribution in [0.4, 0.5) is 8.78 Å². The summed E-state index contributed by atoms with van der Waals surface area (Å²) < 4.78 is 61.2. The Bertz CT molecular complexity index is 546. The highest BCUT2D eigenvalue weighted by Gasteiger charge is 2.40. The topological polar surface area (TPSA) is 68.7 Å². The second-order valence-corrected chi connectivity index (χ2v) is 7.05. The monoisotopic (exact) mass is 314 g/mol. The summed E-state index contributed by atoms with van der Waals surface area (Å²) in [5.41, 5.74) is 0. The molecule has 0 amide bonds. The first kappa shape index (κ1) is 14.6. The minimum Gasteiger partial charge on any atom is -0.473 e. The van der Waals surface area contributed by atoms with E-state index in [-0.39, 0.29) is 22.6 Å². The summed E-state index contributed by atoms with van der Waals surface area (Å²) in [5, 5.41) is 0.163. The van der Waals surface area contributed by atoms with E-state index in [2.05, 4.69) is 4.98 Å². The van der Waals surface area contributed by atoms with E-state index in [0.29, 0.717) is 4.31 Å². The van der Waals surface area contributed by atoms with Crippen LogP contribution in [0.2, 0.25) is 0 Å².